The van der Waals surface area contributed by atoms with Crippen LogP contribution in [0.1, 0.15) is 11.3 Å². The van der Waals surface area contributed by atoms with E-state index >= 15 is 0 Å². The lowest BCUT2D eigenvalue weighted by atomic mass is 10.1. The van der Waals surface area contributed by atoms with E-state index in [0.29, 0.717) is 0 Å². The van der Waals surface area contributed by atoms with Crippen LogP contribution in [0.2, 0.25) is 15.1 Å². The van der Waals surface area contributed by atoms with E-state index in [0.717, 1.165) is 6.92 Å². The first kappa shape index (κ1) is 14.5. The monoisotopic (exact) mass is 329 g/mol. The highest BCUT2D eigenvalue weighted by Crippen LogP contribution is 2.36. The fourth-order valence-corrected chi connectivity index (χ4v) is 2.48. The molecule has 0 aliphatic carbocycles. The van der Waals surface area contributed by atoms with Crippen molar-refractivity contribution in [3.8, 4) is 0 Å². The van der Waals surface area contributed by atoms with Crippen LogP contribution in [0.25, 0.3) is 10.9 Å². The Hall–Kier alpha value is -0.910. The van der Waals surface area contributed by atoms with Crippen molar-refractivity contribution in [2.75, 3.05) is 0 Å². The highest BCUT2D eigenvalue weighted by molar-refractivity contribution is 6.47. The minimum atomic E-state index is -4.69. The molecule has 0 saturated carbocycles. The van der Waals surface area contributed by atoms with E-state index in [1.54, 1.807) is 0 Å². The Bertz CT molecular complexity index is 737. The molecule has 8 heteroatoms. The van der Waals surface area contributed by atoms with Gasteiger partial charge < -0.3 is 4.98 Å². The third-order valence-electron chi connectivity index (χ3n) is 2.65. The van der Waals surface area contributed by atoms with Gasteiger partial charge in [-0.1, -0.05) is 34.8 Å². The molecule has 0 aliphatic heterocycles. The molecule has 102 valence electrons. The minimum Gasteiger partial charge on any atom is -0.349 e. The van der Waals surface area contributed by atoms with Crippen molar-refractivity contribution in [3.05, 3.63) is 42.6 Å². The summed E-state index contributed by atoms with van der Waals surface area (Å²) in [6, 6.07) is 1.18. The van der Waals surface area contributed by atoms with Crippen LogP contribution < -0.4 is 5.43 Å². The second-order valence-corrected chi connectivity index (χ2v) is 5.05. The molecule has 0 radical (unpaired) electrons. The standard InChI is InChI=1S/C11H5Cl3F3NO/c1-3-9(19)6-7(14)4(12)2-5(13)8(6)18-10(3)11(15,16)17/h2H,1H3,(H,18,19). The average molecular weight is 331 g/mol. The van der Waals surface area contributed by atoms with Crippen LogP contribution in [0.4, 0.5) is 13.2 Å². The van der Waals surface area contributed by atoms with Crippen LogP contribution in [0.3, 0.4) is 0 Å². The normalized spacial score (nSPS) is 12.2. The molecule has 1 heterocycles. The summed E-state index contributed by atoms with van der Waals surface area (Å²) in [5.41, 5.74) is -2.67. The maximum absolute atomic E-state index is 12.8. The first-order chi connectivity index (χ1) is 8.64. The third-order valence-corrected chi connectivity index (χ3v) is 3.73. The molecule has 0 fully saturated rings. The molecule has 1 N–H and O–H groups in total. The zero-order chi connectivity index (χ0) is 14.5. The SMILES string of the molecule is Cc1c(C(F)(F)F)[nH]c2c(Cl)cc(Cl)c(Cl)c2c1=O. The molecule has 0 atom stereocenters. The fourth-order valence-electron chi connectivity index (χ4n) is 1.73. The summed E-state index contributed by atoms with van der Waals surface area (Å²) < 4.78 is 38.4. The fraction of sp³-hybridized carbons (Fsp3) is 0.182. The summed E-state index contributed by atoms with van der Waals surface area (Å²) in [5.74, 6) is 0. The molecule has 2 aromatic rings. The molecule has 1 aromatic heterocycles. The van der Waals surface area contributed by atoms with Crippen LogP contribution in [-0.4, -0.2) is 4.98 Å². The molecule has 0 bridgehead atoms. The summed E-state index contributed by atoms with van der Waals surface area (Å²) in [7, 11) is 0. The van der Waals surface area contributed by atoms with Gasteiger partial charge in [-0.15, -0.1) is 0 Å². The van der Waals surface area contributed by atoms with Gasteiger partial charge in [0.25, 0.3) is 0 Å². The van der Waals surface area contributed by atoms with Gasteiger partial charge in [0.15, 0.2) is 5.43 Å². The molecule has 0 saturated heterocycles. The Balaban J connectivity index is 3.06. The molecular weight excluding hydrogens is 325 g/mol. The van der Waals surface area contributed by atoms with Gasteiger partial charge in [0.05, 0.1) is 26.0 Å². The number of aromatic nitrogens is 1. The molecule has 0 amide bonds. The van der Waals surface area contributed by atoms with E-state index in [9.17, 15) is 18.0 Å². The van der Waals surface area contributed by atoms with E-state index in [-0.39, 0.29) is 26.0 Å². The summed E-state index contributed by atoms with van der Waals surface area (Å²) in [6.45, 7) is 1.06. The second kappa shape index (κ2) is 4.58. The lowest BCUT2D eigenvalue weighted by Gasteiger charge is -2.13. The van der Waals surface area contributed by atoms with Gasteiger partial charge in [-0.25, -0.2) is 0 Å². The van der Waals surface area contributed by atoms with Gasteiger partial charge in [0.2, 0.25) is 0 Å². The summed E-state index contributed by atoms with van der Waals surface area (Å²) >= 11 is 17.4. The number of fused-ring (bicyclic) bond motifs is 1. The Morgan fingerprint density at radius 1 is 1.16 bits per heavy atom. The number of halogens is 6. The average Bonchev–Trinajstić information content (AvgIpc) is 2.28. The van der Waals surface area contributed by atoms with Crippen LogP contribution in [0.15, 0.2) is 10.9 Å². The Kier molecular flexibility index (Phi) is 3.49. The lowest BCUT2D eigenvalue weighted by molar-refractivity contribution is -0.141. The maximum Gasteiger partial charge on any atom is 0.431 e. The van der Waals surface area contributed by atoms with Crippen molar-refractivity contribution in [2.45, 2.75) is 13.1 Å². The largest absolute Gasteiger partial charge is 0.431 e. The molecule has 0 unspecified atom stereocenters. The minimum absolute atomic E-state index is 0.00354. The Morgan fingerprint density at radius 2 is 1.74 bits per heavy atom. The molecule has 2 nitrogen and oxygen atoms in total. The van der Waals surface area contributed by atoms with Crippen LogP contribution in [-0.2, 0) is 6.18 Å². The topological polar surface area (TPSA) is 32.9 Å². The van der Waals surface area contributed by atoms with Crippen LogP contribution in [0.5, 0.6) is 0 Å². The van der Waals surface area contributed by atoms with Crippen LogP contribution >= 0.6 is 34.8 Å². The number of pyridine rings is 1. The molecular formula is C11H5Cl3F3NO. The van der Waals surface area contributed by atoms with E-state index in [1.807, 2.05) is 0 Å². The highest BCUT2D eigenvalue weighted by Gasteiger charge is 2.35. The summed E-state index contributed by atoms with van der Waals surface area (Å²) in [4.78, 5) is 14.1. The first-order valence-electron chi connectivity index (χ1n) is 4.92. The van der Waals surface area contributed by atoms with E-state index in [4.69, 9.17) is 34.8 Å². The van der Waals surface area contributed by atoms with E-state index < -0.39 is 22.9 Å². The van der Waals surface area contributed by atoms with E-state index in [1.165, 1.54) is 6.07 Å². The maximum atomic E-state index is 12.8. The number of H-pyrrole nitrogens is 1. The zero-order valence-electron chi connectivity index (χ0n) is 9.25. The Morgan fingerprint density at radius 3 is 2.26 bits per heavy atom. The number of hydrogen-bond donors (Lipinski definition) is 1. The number of benzene rings is 1. The number of hydrogen-bond acceptors (Lipinski definition) is 1. The van der Waals surface area contributed by atoms with Crippen LogP contribution in [0, 0.1) is 6.92 Å². The zero-order valence-corrected chi connectivity index (χ0v) is 11.5. The quantitative estimate of drug-likeness (QED) is 0.690. The van der Waals surface area contributed by atoms with Crippen molar-refractivity contribution in [2.24, 2.45) is 0 Å². The Labute approximate surface area is 120 Å². The third kappa shape index (κ3) is 2.30. The summed E-state index contributed by atoms with van der Waals surface area (Å²) in [5, 5.41) is -0.375. The van der Waals surface area contributed by atoms with Crippen molar-refractivity contribution < 1.29 is 13.2 Å². The second-order valence-electron chi connectivity index (χ2n) is 3.86. The van der Waals surface area contributed by atoms with Gasteiger partial charge in [0, 0.05) is 5.56 Å². The number of alkyl halides is 3. The molecule has 0 aliphatic rings. The first-order valence-corrected chi connectivity index (χ1v) is 6.05. The van der Waals surface area contributed by atoms with Crippen molar-refractivity contribution in [1.29, 1.82) is 0 Å². The molecule has 19 heavy (non-hydrogen) atoms. The van der Waals surface area contributed by atoms with Gasteiger partial charge in [-0.3, -0.25) is 4.79 Å². The molecule has 0 spiro atoms. The van der Waals surface area contributed by atoms with Gasteiger partial charge in [-0.2, -0.15) is 13.2 Å². The highest BCUT2D eigenvalue weighted by atomic mass is 35.5. The number of rotatable bonds is 0. The predicted molar refractivity (Wildman–Crippen MR) is 69.3 cm³/mol. The number of aromatic amines is 1. The van der Waals surface area contributed by atoms with Crippen molar-refractivity contribution in [1.82, 2.24) is 4.98 Å². The van der Waals surface area contributed by atoms with Crippen molar-refractivity contribution in [3.63, 3.8) is 0 Å². The predicted octanol–water partition coefficient (Wildman–Crippen LogP) is 4.82. The van der Waals surface area contributed by atoms with Gasteiger partial charge in [0.1, 0.15) is 5.69 Å². The smallest absolute Gasteiger partial charge is 0.349 e. The van der Waals surface area contributed by atoms with Gasteiger partial charge >= 0.3 is 6.18 Å². The molecule has 2 rings (SSSR count). The van der Waals surface area contributed by atoms with Gasteiger partial charge in [-0.05, 0) is 13.0 Å². The number of nitrogens with one attached hydrogen (secondary N) is 1. The van der Waals surface area contributed by atoms with Crippen molar-refractivity contribution >= 4 is 45.7 Å². The molecule has 1 aromatic carbocycles. The summed E-state index contributed by atoms with van der Waals surface area (Å²) in [6.07, 6.45) is -4.69. The van der Waals surface area contributed by atoms with E-state index in [2.05, 4.69) is 4.98 Å². The lowest BCUT2D eigenvalue weighted by Crippen LogP contribution is -2.19.